The number of hydrogen-bond donors (Lipinski definition) is 2. The monoisotopic (exact) mass is 292 g/mol. The van der Waals surface area contributed by atoms with Gasteiger partial charge in [-0.3, -0.25) is 0 Å². The smallest absolute Gasteiger partial charge is 0.141 e. The van der Waals surface area contributed by atoms with Crippen LogP contribution in [-0.4, -0.2) is 22.8 Å². The summed E-state index contributed by atoms with van der Waals surface area (Å²) in [5, 5.41) is 18.2. The molecule has 1 aliphatic heterocycles. The van der Waals surface area contributed by atoms with Crippen molar-refractivity contribution in [3.63, 3.8) is 0 Å². The topological polar surface area (TPSA) is 58.3 Å². The molecule has 20 heavy (non-hydrogen) atoms. The summed E-state index contributed by atoms with van der Waals surface area (Å²) >= 11 is 5.96. The number of aromatic nitrogens is 1. The van der Waals surface area contributed by atoms with Crippen LogP contribution in [0.15, 0.2) is 34.9 Å². The fourth-order valence-electron chi connectivity index (χ4n) is 2.59. The molecule has 1 aromatic carbocycles. The Bertz CT molecular complexity index is 579. The molecule has 1 aromatic heterocycles. The minimum absolute atomic E-state index is 0.0825. The summed E-state index contributed by atoms with van der Waals surface area (Å²) in [6.07, 6.45) is 2.08. The summed E-state index contributed by atoms with van der Waals surface area (Å²) in [5.41, 5.74) is 1.66. The van der Waals surface area contributed by atoms with Gasteiger partial charge < -0.3 is 14.9 Å². The Hall–Kier alpha value is -1.36. The number of aliphatic hydroxyl groups excluding tert-OH is 1. The number of aliphatic hydroxyl groups is 1. The second-order valence-corrected chi connectivity index (χ2v) is 5.61. The van der Waals surface area contributed by atoms with E-state index in [-0.39, 0.29) is 6.04 Å². The second-order valence-electron chi connectivity index (χ2n) is 5.17. The van der Waals surface area contributed by atoms with Crippen molar-refractivity contribution in [3.8, 4) is 0 Å². The van der Waals surface area contributed by atoms with Gasteiger partial charge in [0.25, 0.3) is 0 Å². The van der Waals surface area contributed by atoms with Gasteiger partial charge in [-0.05, 0) is 37.1 Å². The van der Waals surface area contributed by atoms with Gasteiger partial charge in [-0.25, -0.2) is 0 Å². The van der Waals surface area contributed by atoms with E-state index in [4.69, 9.17) is 16.1 Å². The summed E-state index contributed by atoms with van der Waals surface area (Å²) in [5.74, 6) is 0.735. The summed E-state index contributed by atoms with van der Waals surface area (Å²) in [7, 11) is 0. The number of nitrogens with zero attached hydrogens (tertiary/aromatic N) is 1. The summed E-state index contributed by atoms with van der Waals surface area (Å²) < 4.78 is 5.31. The lowest BCUT2D eigenvalue weighted by molar-refractivity contribution is 0.128. The Labute approximate surface area is 122 Å². The van der Waals surface area contributed by atoms with Gasteiger partial charge in [0.1, 0.15) is 17.6 Å². The van der Waals surface area contributed by atoms with Crippen molar-refractivity contribution in [1.82, 2.24) is 10.5 Å². The molecule has 5 heteroatoms. The highest BCUT2D eigenvalue weighted by Crippen LogP contribution is 2.23. The molecule has 2 heterocycles. The molecule has 2 aromatic rings. The van der Waals surface area contributed by atoms with Crippen molar-refractivity contribution >= 4 is 11.6 Å². The van der Waals surface area contributed by atoms with Crippen molar-refractivity contribution in [3.05, 3.63) is 52.4 Å². The van der Waals surface area contributed by atoms with Crippen LogP contribution in [0.3, 0.4) is 0 Å². The van der Waals surface area contributed by atoms with E-state index in [9.17, 15) is 5.11 Å². The molecular weight excluding hydrogens is 276 g/mol. The van der Waals surface area contributed by atoms with Crippen LogP contribution in [0, 0.1) is 0 Å². The van der Waals surface area contributed by atoms with E-state index in [1.165, 1.54) is 0 Å². The zero-order valence-corrected chi connectivity index (χ0v) is 11.8. The molecule has 2 atom stereocenters. The summed E-state index contributed by atoms with van der Waals surface area (Å²) in [6.45, 7) is 0.953. The molecule has 0 bridgehead atoms. The third-order valence-electron chi connectivity index (χ3n) is 3.63. The normalized spacial score (nSPS) is 20.2. The van der Waals surface area contributed by atoms with E-state index < -0.39 is 6.10 Å². The number of hydrogen-bond acceptors (Lipinski definition) is 4. The Morgan fingerprint density at radius 2 is 2.35 bits per heavy atom. The molecule has 0 spiro atoms. The van der Waals surface area contributed by atoms with Gasteiger partial charge in [0.05, 0.1) is 0 Å². The maximum absolute atomic E-state index is 10.2. The van der Waals surface area contributed by atoms with Crippen molar-refractivity contribution in [2.24, 2.45) is 0 Å². The molecule has 0 saturated carbocycles. The van der Waals surface area contributed by atoms with E-state index in [0.29, 0.717) is 17.1 Å². The number of benzene rings is 1. The van der Waals surface area contributed by atoms with E-state index in [1.54, 1.807) is 0 Å². The number of halogens is 1. The zero-order valence-electron chi connectivity index (χ0n) is 11.1. The molecule has 1 aliphatic rings. The third-order valence-corrected chi connectivity index (χ3v) is 3.86. The van der Waals surface area contributed by atoms with Crippen LogP contribution in [0.25, 0.3) is 0 Å². The van der Waals surface area contributed by atoms with Crippen molar-refractivity contribution in [2.45, 2.75) is 31.4 Å². The van der Waals surface area contributed by atoms with Gasteiger partial charge in [-0.2, -0.15) is 0 Å². The van der Waals surface area contributed by atoms with Crippen molar-refractivity contribution in [1.29, 1.82) is 0 Å². The fraction of sp³-hybridized carbons (Fsp3) is 0.400. The van der Waals surface area contributed by atoms with Crippen LogP contribution >= 0.6 is 11.6 Å². The molecule has 0 radical (unpaired) electrons. The van der Waals surface area contributed by atoms with Crippen LogP contribution in [0.1, 0.15) is 36.0 Å². The first-order valence-corrected chi connectivity index (χ1v) is 7.21. The van der Waals surface area contributed by atoms with E-state index in [0.717, 1.165) is 30.7 Å². The predicted octanol–water partition coefficient (Wildman–Crippen LogP) is 2.70. The molecule has 0 aliphatic carbocycles. The summed E-state index contributed by atoms with van der Waals surface area (Å²) in [4.78, 5) is 0. The largest absolute Gasteiger partial charge is 0.385 e. The van der Waals surface area contributed by atoms with Gasteiger partial charge in [-0.1, -0.05) is 28.9 Å². The van der Waals surface area contributed by atoms with Crippen LogP contribution < -0.4 is 5.32 Å². The molecule has 0 amide bonds. The lowest BCUT2D eigenvalue weighted by atomic mass is 10.1. The SMILES string of the molecule is O[C@H](c1cc(Cc2cccc(Cl)c2)on1)[C@@H]1CCCN1. The molecule has 1 saturated heterocycles. The van der Waals surface area contributed by atoms with Crippen molar-refractivity contribution < 1.29 is 9.63 Å². The van der Waals surface area contributed by atoms with Gasteiger partial charge in [0.15, 0.2) is 0 Å². The second kappa shape index (κ2) is 5.95. The van der Waals surface area contributed by atoms with Crippen LogP contribution in [-0.2, 0) is 6.42 Å². The van der Waals surface area contributed by atoms with E-state index in [2.05, 4.69) is 10.5 Å². The molecule has 0 unspecified atom stereocenters. The number of rotatable bonds is 4. The molecule has 3 rings (SSSR count). The molecule has 106 valence electrons. The Balaban J connectivity index is 1.70. The first kappa shape index (κ1) is 13.6. The molecule has 2 N–H and O–H groups in total. The van der Waals surface area contributed by atoms with Crippen LogP contribution in [0.2, 0.25) is 5.02 Å². The Morgan fingerprint density at radius 1 is 1.45 bits per heavy atom. The molecule has 4 nitrogen and oxygen atoms in total. The van der Waals surface area contributed by atoms with Gasteiger partial charge in [0, 0.05) is 23.6 Å². The Kier molecular flexibility index (Phi) is 4.05. The first-order valence-electron chi connectivity index (χ1n) is 6.84. The lowest BCUT2D eigenvalue weighted by Crippen LogP contribution is -2.28. The van der Waals surface area contributed by atoms with Gasteiger partial charge >= 0.3 is 0 Å². The molecule has 1 fully saturated rings. The highest BCUT2D eigenvalue weighted by molar-refractivity contribution is 6.30. The summed E-state index contributed by atoms with van der Waals surface area (Å²) in [6, 6.07) is 9.55. The average molecular weight is 293 g/mol. The van der Waals surface area contributed by atoms with E-state index in [1.807, 2.05) is 30.3 Å². The lowest BCUT2D eigenvalue weighted by Gasteiger charge is -2.14. The third kappa shape index (κ3) is 3.03. The first-order chi connectivity index (χ1) is 9.72. The van der Waals surface area contributed by atoms with Gasteiger partial charge in [-0.15, -0.1) is 0 Å². The van der Waals surface area contributed by atoms with Gasteiger partial charge in [0.2, 0.25) is 0 Å². The maximum Gasteiger partial charge on any atom is 0.141 e. The highest BCUT2D eigenvalue weighted by atomic mass is 35.5. The fourth-order valence-corrected chi connectivity index (χ4v) is 2.80. The minimum Gasteiger partial charge on any atom is -0.385 e. The standard InChI is InChI=1S/C15H17ClN2O2/c16-11-4-1-3-10(7-11)8-12-9-14(18-20-12)15(19)13-5-2-6-17-13/h1,3-4,7,9,13,15,17,19H,2,5-6,8H2/t13-,15-/m0/s1. The number of nitrogens with one attached hydrogen (secondary N) is 1. The maximum atomic E-state index is 10.2. The van der Waals surface area contributed by atoms with Crippen molar-refractivity contribution in [2.75, 3.05) is 6.54 Å². The van der Waals surface area contributed by atoms with E-state index >= 15 is 0 Å². The van der Waals surface area contributed by atoms with Crippen LogP contribution in [0.4, 0.5) is 0 Å². The zero-order chi connectivity index (χ0) is 13.9. The highest BCUT2D eigenvalue weighted by Gasteiger charge is 2.26. The predicted molar refractivity (Wildman–Crippen MR) is 76.7 cm³/mol. The quantitative estimate of drug-likeness (QED) is 0.910. The molecular formula is C15H17ClN2O2. The minimum atomic E-state index is -0.602. The Morgan fingerprint density at radius 3 is 3.10 bits per heavy atom. The van der Waals surface area contributed by atoms with Crippen LogP contribution in [0.5, 0.6) is 0 Å². The average Bonchev–Trinajstić information content (AvgIpc) is 3.09.